The molecule has 0 aliphatic carbocycles. The van der Waals surface area contributed by atoms with Gasteiger partial charge in [0.25, 0.3) is 0 Å². The Balaban J connectivity index is 1.81. The van der Waals surface area contributed by atoms with E-state index in [1.54, 1.807) is 6.07 Å². The van der Waals surface area contributed by atoms with Gasteiger partial charge in [0.05, 0.1) is 10.7 Å². The maximum Gasteiger partial charge on any atom is 0.142 e. The Labute approximate surface area is 158 Å². The average Bonchev–Trinajstić information content (AvgIpc) is 3.10. The van der Waals surface area contributed by atoms with E-state index < -0.39 is 0 Å². The number of anilines is 3. The van der Waals surface area contributed by atoms with Gasteiger partial charge in [0.15, 0.2) is 0 Å². The Hall–Kier alpha value is -1.52. The fourth-order valence-corrected chi connectivity index (χ4v) is 4.61. The third-order valence-corrected chi connectivity index (χ3v) is 5.85. The van der Waals surface area contributed by atoms with E-state index in [-0.39, 0.29) is 0 Å². The van der Waals surface area contributed by atoms with Gasteiger partial charge in [-0.25, -0.2) is 9.97 Å². The van der Waals surface area contributed by atoms with Gasteiger partial charge in [-0.15, -0.1) is 0 Å². The molecule has 0 radical (unpaired) electrons. The minimum absolute atomic E-state index is 0.515. The van der Waals surface area contributed by atoms with Crippen LogP contribution in [0.1, 0.15) is 38.1 Å². The summed E-state index contributed by atoms with van der Waals surface area (Å²) in [5.41, 5.74) is 2.19. The number of aryl methyl sites for hydroxylation is 1. The molecule has 1 aromatic carbocycles. The maximum absolute atomic E-state index is 6.45. The van der Waals surface area contributed by atoms with Gasteiger partial charge in [-0.3, -0.25) is 0 Å². The molecule has 1 saturated heterocycles. The second-order valence-electron chi connectivity index (χ2n) is 7.08. The SMILES string of the molecule is Cc1nc2c(c(N3C(C)CCC3C)n1)CCN2c1ccc(Cl)cc1Cl. The van der Waals surface area contributed by atoms with Crippen molar-refractivity contribution in [3.63, 3.8) is 0 Å². The van der Waals surface area contributed by atoms with E-state index in [0.29, 0.717) is 22.1 Å². The van der Waals surface area contributed by atoms with Gasteiger partial charge >= 0.3 is 0 Å². The zero-order chi connectivity index (χ0) is 17.7. The zero-order valence-electron chi connectivity index (χ0n) is 14.8. The minimum Gasteiger partial charge on any atom is -0.351 e. The van der Waals surface area contributed by atoms with E-state index in [2.05, 4.69) is 23.6 Å². The molecule has 2 unspecified atom stereocenters. The number of aromatic nitrogens is 2. The molecule has 0 amide bonds. The van der Waals surface area contributed by atoms with Gasteiger partial charge in [0, 0.05) is 29.2 Å². The highest BCUT2D eigenvalue weighted by atomic mass is 35.5. The molecule has 25 heavy (non-hydrogen) atoms. The number of nitrogens with zero attached hydrogens (tertiary/aromatic N) is 4. The summed E-state index contributed by atoms with van der Waals surface area (Å²) >= 11 is 12.5. The van der Waals surface area contributed by atoms with Crippen molar-refractivity contribution in [3.8, 4) is 0 Å². The van der Waals surface area contributed by atoms with Crippen LogP contribution in [0.3, 0.4) is 0 Å². The first kappa shape index (κ1) is 16.9. The molecule has 0 N–H and O–H groups in total. The summed E-state index contributed by atoms with van der Waals surface area (Å²) in [4.78, 5) is 14.2. The van der Waals surface area contributed by atoms with Crippen molar-refractivity contribution in [2.24, 2.45) is 0 Å². The first-order valence-corrected chi connectivity index (χ1v) is 9.59. The van der Waals surface area contributed by atoms with E-state index in [4.69, 9.17) is 33.2 Å². The summed E-state index contributed by atoms with van der Waals surface area (Å²) in [6, 6.07) is 6.66. The van der Waals surface area contributed by atoms with Crippen LogP contribution in [0.5, 0.6) is 0 Å². The molecule has 0 bridgehead atoms. The molecule has 3 heterocycles. The molecule has 1 fully saturated rings. The Morgan fingerprint density at radius 1 is 1.04 bits per heavy atom. The molecule has 132 valence electrons. The molecular formula is C19H22Cl2N4. The first-order chi connectivity index (χ1) is 12.0. The van der Waals surface area contributed by atoms with Gasteiger partial charge in [0.1, 0.15) is 17.5 Å². The van der Waals surface area contributed by atoms with Gasteiger partial charge in [0.2, 0.25) is 0 Å². The summed E-state index contributed by atoms with van der Waals surface area (Å²) in [7, 11) is 0. The summed E-state index contributed by atoms with van der Waals surface area (Å²) < 4.78 is 0. The molecule has 2 atom stereocenters. The van der Waals surface area contributed by atoms with E-state index in [1.165, 1.54) is 18.4 Å². The molecule has 2 aliphatic rings. The van der Waals surface area contributed by atoms with Crippen LogP contribution in [0.25, 0.3) is 0 Å². The highest BCUT2D eigenvalue weighted by molar-refractivity contribution is 6.36. The monoisotopic (exact) mass is 376 g/mol. The Bertz CT molecular complexity index is 813. The maximum atomic E-state index is 6.45. The lowest BCUT2D eigenvalue weighted by molar-refractivity contribution is 0.676. The predicted octanol–water partition coefficient (Wildman–Crippen LogP) is 5.16. The second kappa shape index (κ2) is 6.33. The topological polar surface area (TPSA) is 32.3 Å². The molecule has 2 aromatic rings. The fraction of sp³-hybridized carbons (Fsp3) is 0.474. The molecule has 4 rings (SSSR count). The quantitative estimate of drug-likeness (QED) is 0.723. The van der Waals surface area contributed by atoms with Crippen LogP contribution in [0.2, 0.25) is 10.0 Å². The van der Waals surface area contributed by atoms with Crippen molar-refractivity contribution >= 4 is 40.5 Å². The smallest absolute Gasteiger partial charge is 0.142 e. The van der Waals surface area contributed by atoms with Gasteiger partial charge < -0.3 is 9.80 Å². The third kappa shape index (κ3) is 2.85. The van der Waals surface area contributed by atoms with Crippen LogP contribution in [-0.2, 0) is 6.42 Å². The highest BCUT2D eigenvalue weighted by Crippen LogP contribution is 2.42. The number of halogens is 2. The number of hydrogen-bond donors (Lipinski definition) is 0. The van der Waals surface area contributed by atoms with Crippen molar-refractivity contribution < 1.29 is 0 Å². The normalized spacial score (nSPS) is 22.6. The van der Waals surface area contributed by atoms with Crippen LogP contribution >= 0.6 is 23.2 Å². The van der Waals surface area contributed by atoms with Gasteiger partial charge in [-0.2, -0.15) is 0 Å². The van der Waals surface area contributed by atoms with Crippen molar-refractivity contribution in [2.75, 3.05) is 16.3 Å². The van der Waals surface area contributed by atoms with E-state index in [0.717, 1.165) is 36.1 Å². The van der Waals surface area contributed by atoms with Crippen LogP contribution in [0.4, 0.5) is 17.3 Å². The van der Waals surface area contributed by atoms with Gasteiger partial charge in [-0.1, -0.05) is 23.2 Å². The lowest BCUT2D eigenvalue weighted by Crippen LogP contribution is -2.34. The summed E-state index contributed by atoms with van der Waals surface area (Å²) in [6.45, 7) is 7.40. The standard InChI is InChI=1S/C19H22Cl2N4/c1-11-4-5-12(2)25(11)19-15-8-9-24(18(15)22-13(3)23-19)17-7-6-14(20)10-16(17)21/h6-7,10-12H,4-5,8-9H2,1-3H3. The predicted molar refractivity (Wildman–Crippen MR) is 105 cm³/mol. The van der Waals surface area contributed by atoms with Crippen LogP contribution < -0.4 is 9.80 Å². The van der Waals surface area contributed by atoms with Crippen LogP contribution in [0.15, 0.2) is 18.2 Å². The summed E-state index contributed by atoms with van der Waals surface area (Å²) in [5, 5.41) is 1.30. The molecule has 2 aliphatic heterocycles. The van der Waals surface area contributed by atoms with Crippen LogP contribution in [0, 0.1) is 6.92 Å². The van der Waals surface area contributed by atoms with Crippen molar-refractivity contribution in [3.05, 3.63) is 39.6 Å². The lowest BCUT2D eigenvalue weighted by atomic mass is 10.2. The highest BCUT2D eigenvalue weighted by Gasteiger charge is 2.35. The number of benzene rings is 1. The average molecular weight is 377 g/mol. The van der Waals surface area contributed by atoms with E-state index >= 15 is 0 Å². The van der Waals surface area contributed by atoms with Crippen LogP contribution in [-0.4, -0.2) is 28.6 Å². The van der Waals surface area contributed by atoms with Crippen molar-refractivity contribution in [1.82, 2.24) is 9.97 Å². The Morgan fingerprint density at radius 3 is 2.40 bits per heavy atom. The van der Waals surface area contributed by atoms with E-state index in [1.807, 2.05) is 19.1 Å². The molecule has 4 nitrogen and oxygen atoms in total. The minimum atomic E-state index is 0.515. The first-order valence-electron chi connectivity index (χ1n) is 8.84. The zero-order valence-corrected chi connectivity index (χ0v) is 16.3. The lowest BCUT2D eigenvalue weighted by Gasteiger charge is -2.29. The summed E-state index contributed by atoms with van der Waals surface area (Å²) in [6.07, 6.45) is 3.36. The summed E-state index contributed by atoms with van der Waals surface area (Å²) in [5.74, 6) is 2.89. The van der Waals surface area contributed by atoms with Gasteiger partial charge in [-0.05, 0) is 58.2 Å². The van der Waals surface area contributed by atoms with Crippen molar-refractivity contribution in [1.29, 1.82) is 0 Å². The van der Waals surface area contributed by atoms with E-state index in [9.17, 15) is 0 Å². The number of hydrogen-bond acceptors (Lipinski definition) is 4. The largest absolute Gasteiger partial charge is 0.351 e. The Morgan fingerprint density at radius 2 is 1.72 bits per heavy atom. The number of fused-ring (bicyclic) bond motifs is 1. The molecule has 0 saturated carbocycles. The molecule has 0 spiro atoms. The number of rotatable bonds is 2. The molecule has 1 aromatic heterocycles. The molecule has 6 heteroatoms. The van der Waals surface area contributed by atoms with Crippen molar-refractivity contribution in [2.45, 2.75) is 52.1 Å². The Kier molecular flexibility index (Phi) is 4.28. The molecular weight excluding hydrogens is 355 g/mol. The fourth-order valence-electron chi connectivity index (χ4n) is 4.10. The third-order valence-electron chi connectivity index (χ3n) is 5.31. The second-order valence-corrected chi connectivity index (χ2v) is 7.92.